The highest BCUT2D eigenvalue weighted by Crippen LogP contribution is 2.28. The van der Waals surface area contributed by atoms with E-state index in [0.717, 1.165) is 10.6 Å². The molecule has 0 aliphatic rings. The quantitative estimate of drug-likeness (QED) is 0.683. The van der Waals surface area contributed by atoms with Crippen LogP contribution in [0.15, 0.2) is 11.4 Å². The lowest BCUT2D eigenvalue weighted by molar-refractivity contribution is 0.0862. The number of carbonyl (C=O) groups excluding carboxylic acids is 1. The van der Waals surface area contributed by atoms with E-state index in [2.05, 4.69) is 0 Å². The topological polar surface area (TPSA) is 26.3 Å². The third-order valence-corrected chi connectivity index (χ3v) is 2.62. The minimum Gasteiger partial charge on any atom is -0.496 e. The van der Waals surface area contributed by atoms with Crippen LogP contribution in [0.5, 0.6) is 5.75 Å². The van der Waals surface area contributed by atoms with Crippen LogP contribution in [0.3, 0.4) is 0 Å². The van der Waals surface area contributed by atoms with Crippen LogP contribution >= 0.6 is 11.3 Å². The van der Waals surface area contributed by atoms with E-state index >= 15 is 0 Å². The normalized spacial score (nSPS) is 11.4. The van der Waals surface area contributed by atoms with Gasteiger partial charge in [0.1, 0.15) is 5.75 Å². The summed E-state index contributed by atoms with van der Waals surface area (Å²) in [4.78, 5) is 12.5. The molecule has 72 valence electrons. The molecule has 0 aliphatic carbocycles. The van der Waals surface area contributed by atoms with Crippen LogP contribution in [0.4, 0.5) is 0 Å². The Morgan fingerprint density at radius 3 is 2.46 bits per heavy atom. The third-order valence-electron chi connectivity index (χ3n) is 1.72. The molecule has 1 aromatic heterocycles. The summed E-state index contributed by atoms with van der Waals surface area (Å²) in [5.74, 6) is 0.929. The van der Waals surface area contributed by atoms with Crippen molar-refractivity contribution >= 4 is 17.1 Å². The molecular weight excluding hydrogens is 184 g/mol. The molecule has 0 amide bonds. The van der Waals surface area contributed by atoms with E-state index < -0.39 is 0 Å². The Kier molecular flexibility index (Phi) is 2.76. The Hall–Kier alpha value is -0.830. The maximum Gasteiger partial charge on any atom is 0.178 e. The van der Waals surface area contributed by atoms with Gasteiger partial charge in [0.2, 0.25) is 0 Å². The number of Topliss-reactive ketones (excluding diaryl/α,β-unsaturated/α-hetero) is 1. The Labute approximate surface area is 82.5 Å². The molecule has 0 aromatic carbocycles. The monoisotopic (exact) mass is 198 g/mol. The second kappa shape index (κ2) is 3.50. The van der Waals surface area contributed by atoms with Crippen molar-refractivity contribution in [2.24, 2.45) is 5.41 Å². The summed E-state index contributed by atoms with van der Waals surface area (Å²) in [6.45, 7) is 5.75. The van der Waals surface area contributed by atoms with E-state index in [1.807, 2.05) is 26.2 Å². The van der Waals surface area contributed by atoms with Gasteiger partial charge in [0.15, 0.2) is 5.78 Å². The summed E-state index contributed by atoms with van der Waals surface area (Å²) >= 11 is 1.43. The first-order valence-electron chi connectivity index (χ1n) is 4.12. The summed E-state index contributed by atoms with van der Waals surface area (Å²) in [7, 11) is 1.60. The summed E-state index contributed by atoms with van der Waals surface area (Å²) < 4.78 is 5.02. The largest absolute Gasteiger partial charge is 0.496 e. The number of methoxy groups -OCH3 is 1. The minimum atomic E-state index is -0.310. The molecule has 1 heterocycles. The molecule has 0 atom stereocenters. The molecule has 13 heavy (non-hydrogen) atoms. The van der Waals surface area contributed by atoms with E-state index in [4.69, 9.17) is 4.74 Å². The summed E-state index contributed by atoms with van der Waals surface area (Å²) in [5.41, 5.74) is -0.310. The molecule has 0 bridgehead atoms. The predicted molar refractivity (Wildman–Crippen MR) is 54.7 cm³/mol. The van der Waals surface area contributed by atoms with Gasteiger partial charge in [-0.2, -0.15) is 0 Å². The molecule has 0 fully saturated rings. The van der Waals surface area contributed by atoms with E-state index in [1.165, 1.54) is 11.3 Å². The van der Waals surface area contributed by atoms with Gasteiger partial charge in [-0.1, -0.05) is 20.8 Å². The van der Waals surface area contributed by atoms with Crippen molar-refractivity contribution in [2.45, 2.75) is 20.8 Å². The molecule has 1 rings (SSSR count). The highest BCUT2D eigenvalue weighted by molar-refractivity contribution is 7.12. The lowest BCUT2D eigenvalue weighted by Crippen LogP contribution is -2.18. The number of hydrogen-bond acceptors (Lipinski definition) is 3. The molecule has 0 N–H and O–H groups in total. The van der Waals surface area contributed by atoms with Gasteiger partial charge in [-0.15, -0.1) is 11.3 Å². The van der Waals surface area contributed by atoms with E-state index in [1.54, 1.807) is 13.2 Å². The first-order valence-corrected chi connectivity index (χ1v) is 5.00. The van der Waals surface area contributed by atoms with Crippen LogP contribution in [0.1, 0.15) is 30.4 Å². The molecule has 0 saturated heterocycles. The van der Waals surface area contributed by atoms with Gasteiger partial charge in [0.05, 0.1) is 12.0 Å². The standard InChI is InChI=1S/C10H14O2S/c1-10(2,3)9(11)8-5-7(12-4)6-13-8/h5-6H,1-4H3. The Balaban J connectivity index is 2.90. The fourth-order valence-corrected chi connectivity index (χ4v) is 1.92. The molecule has 0 spiro atoms. The van der Waals surface area contributed by atoms with Crippen LogP contribution in [0.25, 0.3) is 0 Å². The average molecular weight is 198 g/mol. The lowest BCUT2D eigenvalue weighted by atomic mass is 9.90. The molecule has 2 nitrogen and oxygen atoms in total. The summed E-state index contributed by atoms with van der Waals surface area (Å²) in [6, 6.07) is 1.79. The fraction of sp³-hybridized carbons (Fsp3) is 0.500. The van der Waals surface area contributed by atoms with Gasteiger partial charge < -0.3 is 4.74 Å². The molecule has 3 heteroatoms. The predicted octanol–water partition coefficient (Wildman–Crippen LogP) is 2.99. The second-order valence-electron chi connectivity index (χ2n) is 3.93. The zero-order chi connectivity index (χ0) is 10.1. The number of ketones is 1. The number of hydrogen-bond donors (Lipinski definition) is 0. The Bertz CT molecular complexity index is 307. The maximum atomic E-state index is 11.8. The zero-order valence-corrected chi connectivity index (χ0v) is 9.20. The highest BCUT2D eigenvalue weighted by Gasteiger charge is 2.24. The summed E-state index contributed by atoms with van der Waals surface area (Å²) in [5, 5.41) is 1.85. The van der Waals surface area contributed by atoms with Gasteiger partial charge in [-0.3, -0.25) is 4.79 Å². The van der Waals surface area contributed by atoms with Crippen LogP contribution in [-0.2, 0) is 0 Å². The van der Waals surface area contributed by atoms with Crippen LogP contribution < -0.4 is 4.74 Å². The van der Waals surface area contributed by atoms with Crippen molar-refractivity contribution in [1.82, 2.24) is 0 Å². The van der Waals surface area contributed by atoms with E-state index in [0.29, 0.717) is 0 Å². The van der Waals surface area contributed by atoms with Gasteiger partial charge >= 0.3 is 0 Å². The number of carbonyl (C=O) groups is 1. The number of thiophene rings is 1. The Morgan fingerprint density at radius 1 is 1.46 bits per heavy atom. The van der Waals surface area contributed by atoms with Crippen molar-refractivity contribution in [3.05, 3.63) is 16.3 Å². The van der Waals surface area contributed by atoms with Gasteiger partial charge in [-0.25, -0.2) is 0 Å². The fourth-order valence-electron chi connectivity index (χ4n) is 0.915. The lowest BCUT2D eigenvalue weighted by Gasteiger charge is -2.14. The minimum absolute atomic E-state index is 0.167. The van der Waals surface area contributed by atoms with Crippen molar-refractivity contribution in [1.29, 1.82) is 0 Å². The molecular formula is C10H14O2S. The number of rotatable bonds is 2. The maximum absolute atomic E-state index is 11.8. The van der Waals surface area contributed by atoms with Crippen molar-refractivity contribution in [3.8, 4) is 5.75 Å². The van der Waals surface area contributed by atoms with Crippen molar-refractivity contribution in [3.63, 3.8) is 0 Å². The molecule has 0 saturated carbocycles. The van der Waals surface area contributed by atoms with Crippen molar-refractivity contribution in [2.75, 3.05) is 7.11 Å². The highest BCUT2D eigenvalue weighted by atomic mass is 32.1. The summed E-state index contributed by atoms with van der Waals surface area (Å²) in [6.07, 6.45) is 0. The molecule has 0 unspecified atom stereocenters. The Morgan fingerprint density at radius 2 is 2.08 bits per heavy atom. The van der Waals surface area contributed by atoms with Crippen molar-refractivity contribution < 1.29 is 9.53 Å². The third kappa shape index (κ3) is 2.31. The van der Waals surface area contributed by atoms with E-state index in [-0.39, 0.29) is 11.2 Å². The first-order chi connectivity index (χ1) is 5.95. The average Bonchev–Trinajstić information content (AvgIpc) is 2.48. The first kappa shape index (κ1) is 10.3. The molecule has 0 aliphatic heterocycles. The zero-order valence-electron chi connectivity index (χ0n) is 8.38. The van der Waals surface area contributed by atoms with Crippen LogP contribution in [-0.4, -0.2) is 12.9 Å². The molecule has 1 aromatic rings. The van der Waals surface area contributed by atoms with Gasteiger partial charge in [0.25, 0.3) is 0 Å². The van der Waals surface area contributed by atoms with E-state index in [9.17, 15) is 4.79 Å². The SMILES string of the molecule is COc1csc(C(=O)C(C)(C)C)c1. The van der Waals surface area contributed by atoms with Crippen LogP contribution in [0, 0.1) is 5.41 Å². The smallest absolute Gasteiger partial charge is 0.178 e. The second-order valence-corrected chi connectivity index (χ2v) is 4.84. The van der Waals surface area contributed by atoms with Gasteiger partial charge in [-0.05, 0) is 0 Å². The number of ether oxygens (including phenoxy) is 1. The molecule has 0 radical (unpaired) electrons. The van der Waals surface area contributed by atoms with Crippen LogP contribution in [0.2, 0.25) is 0 Å². The van der Waals surface area contributed by atoms with Gasteiger partial charge in [0, 0.05) is 16.9 Å².